The monoisotopic (exact) mass is 184 g/mol. The lowest BCUT2D eigenvalue weighted by Crippen LogP contribution is -2.09. The summed E-state index contributed by atoms with van der Waals surface area (Å²) in [6.07, 6.45) is 4.34. The maximum absolute atomic E-state index is 3.90. The SMILES string of the molecule is C=CC1C=C(C)C(C)c2ccccc21. The van der Waals surface area contributed by atoms with Crippen molar-refractivity contribution in [2.75, 3.05) is 0 Å². The molecule has 0 amide bonds. The molecule has 0 spiro atoms. The maximum Gasteiger partial charge on any atom is 0.0201 e. The van der Waals surface area contributed by atoms with Gasteiger partial charge in [0.25, 0.3) is 0 Å². The zero-order valence-electron chi connectivity index (χ0n) is 8.83. The third kappa shape index (κ3) is 1.31. The van der Waals surface area contributed by atoms with E-state index in [0.29, 0.717) is 11.8 Å². The molecule has 14 heavy (non-hydrogen) atoms. The molecule has 0 saturated carbocycles. The van der Waals surface area contributed by atoms with Crippen molar-refractivity contribution in [1.82, 2.24) is 0 Å². The van der Waals surface area contributed by atoms with Gasteiger partial charge in [0.15, 0.2) is 0 Å². The number of benzene rings is 1. The molecule has 2 rings (SSSR count). The Kier molecular flexibility index (Phi) is 2.28. The molecular weight excluding hydrogens is 168 g/mol. The van der Waals surface area contributed by atoms with E-state index in [1.165, 1.54) is 16.7 Å². The molecule has 1 aliphatic rings. The van der Waals surface area contributed by atoms with Gasteiger partial charge in [-0.3, -0.25) is 0 Å². The quantitative estimate of drug-likeness (QED) is 0.578. The van der Waals surface area contributed by atoms with Crippen LogP contribution in [0, 0.1) is 0 Å². The van der Waals surface area contributed by atoms with E-state index in [9.17, 15) is 0 Å². The van der Waals surface area contributed by atoms with Crippen LogP contribution in [0.5, 0.6) is 0 Å². The molecule has 0 heterocycles. The lowest BCUT2D eigenvalue weighted by molar-refractivity contribution is 0.815. The Morgan fingerprint density at radius 3 is 2.50 bits per heavy atom. The van der Waals surface area contributed by atoms with Crippen LogP contribution >= 0.6 is 0 Å². The molecule has 0 bridgehead atoms. The Labute approximate surface area is 86.0 Å². The molecule has 2 atom stereocenters. The first kappa shape index (κ1) is 9.26. The maximum atomic E-state index is 3.90. The lowest BCUT2D eigenvalue weighted by atomic mass is 9.78. The van der Waals surface area contributed by atoms with Crippen molar-refractivity contribution >= 4 is 0 Å². The van der Waals surface area contributed by atoms with Gasteiger partial charge < -0.3 is 0 Å². The van der Waals surface area contributed by atoms with Gasteiger partial charge in [-0.05, 0) is 18.1 Å². The smallest absolute Gasteiger partial charge is 0.0201 e. The molecule has 1 aliphatic carbocycles. The summed E-state index contributed by atoms with van der Waals surface area (Å²) in [5.41, 5.74) is 4.33. The average molecular weight is 184 g/mol. The van der Waals surface area contributed by atoms with Crippen molar-refractivity contribution in [1.29, 1.82) is 0 Å². The second-order valence-electron chi connectivity index (χ2n) is 4.02. The normalized spacial score (nSPS) is 25.1. The third-order valence-corrected chi connectivity index (χ3v) is 3.20. The summed E-state index contributed by atoms with van der Waals surface area (Å²) in [5, 5.41) is 0. The average Bonchev–Trinajstić information content (AvgIpc) is 2.23. The van der Waals surface area contributed by atoms with E-state index in [-0.39, 0.29) is 0 Å². The van der Waals surface area contributed by atoms with E-state index in [1.807, 2.05) is 6.08 Å². The topological polar surface area (TPSA) is 0 Å². The minimum atomic E-state index is 0.405. The van der Waals surface area contributed by atoms with E-state index in [0.717, 1.165) is 0 Å². The highest BCUT2D eigenvalue weighted by molar-refractivity contribution is 5.45. The first-order valence-corrected chi connectivity index (χ1v) is 5.13. The molecule has 0 fully saturated rings. The minimum Gasteiger partial charge on any atom is -0.102 e. The number of fused-ring (bicyclic) bond motifs is 1. The summed E-state index contributed by atoms with van der Waals surface area (Å²) in [5.74, 6) is 0.963. The largest absolute Gasteiger partial charge is 0.102 e. The Morgan fingerprint density at radius 2 is 1.86 bits per heavy atom. The Hall–Kier alpha value is -1.30. The van der Waals surface area contributed by atoms with Gasteiger partial charge in [0.1, 0.15) is 0 Å². The van der Waals surface area contributed by atoms with Crippen LogP contribution in [0.1, 0.15) is 36.8 Å². The zero-order valence-corrected chi connectivity index (χ0v) is 8.83. The van der Waals surface area contributed by atoms with Crippen LogP contribution < -0.4 is 0 Å². The van der Waals surface area contributed by atoms with Crippen LogP contribution in [0.2, 0.25) is 0 Å². The van der Waals surface area contributed by atoms with E-state index < -0.39 is 0 Å². The molecule has 0 nitrogen and oxygen atoms in total. The summed E-state index contributed by atoms with van der Waals surface area (Å²) in [6, 6.07) is 8.67. The Balaban J connectivity index is 2.57. The molecule has 0 heteroatoms. The fourth-order valence-electron chi connectivity index (χ4n) is 2.17. The van der Waals surface area contributed by atoms with Gasteiger partial charge in [0, 0.05) is 11.8 Å². The van der Waals surface area contributed by atoms with Gasteiger partial charge >= 0.3 is 0 Å². The summed E-state index contributed by atoms with van der Waals surface area (Å²) in [6.45, 7) is 8.37. The van der Waals surface area contributed by atoms with Crippen LogP contribution in [0.15, 0.2) is 48.6 Å². The van der Waals surface area contributed by atoms with Crippen molar-refractivity contribution in [3.63, 3.8) is 0 Å². The van der Waals surface area contributed by atoms with Crippen molar-refractivity contribution in [3.05, 3.63) is 59.7 Å². The van der Waals surface area contributed by atoms with Crippen LogP contribution in [0.4, 0.5) is 0 Å². The first-order valence-electron chi connectivity index (χ1n) is 5.13. The Bertz CT molecular complexity index is 385. The van der Waals surface area contributed by atoms with E-state index in [1.54, 1.807) is 0 Å². The van der Waals surface area contributed by atoms with Gasteiger partial charge in [-0.2, -0.15) is 0 Å². The summed E-state index contributed by atoms with van der Waals surface area (Å²) in [7, 11) is 0. The molecule has 1 aromatic carbocycles. The summed E-state index contributed by atoms with van der Waals surface area (Å²) in [4.78, 5) is 0. The van der Waals surface area contributed by atoms with Gasteiger partial charge in [0.2, 0.25) is 0 Å². The highest BCUT2D eigenvalue weighted by atomic mass is 14.2. The number of hydrogen-bond donors (Lipinski definition) is 0. The Morgan fingerprint density at radius 1 is 1.21 bits per heavy atom. The molecule has 0 radical (unpaired) electrons. The third-order valence-electron chi connectivity index (χ3n) is 3.20. The van der Waals surface area contributed by atoms with E-state index >= 15 is 0 Å². The fourth-order valence-corrected chi connectivity index (χ4v) is 2.17. The van der Waals surface area contributed by atoms with Crippen molar-refractivity contribution in [2.24, 2.45) is 0 Å². The molecule has 0 aromatic heterocycles. The molecular formula is C14H16. The molecule has 0 aliphatic heterocycles. The molecule has 1 aromatic rings. The van der Waals surface area contributed by atoms with Crippen LogP contribution in [0.25, 0.3) is 0 Å². The van der Waals surface area contributed by atoms with Gasteiger partial charge in [-0.1, -0.05) is 48.9 Å². The van der Waals surface area contributed by atoms with Gasteiger partial charge in [-0.15, -0.1) is 6.58 Å². The molecule has 72 valence electrons. The van der Waals surface area contributed by atoms with Crippen molar-refractivity contribution < 1.29 is 0 Å². The van der Waals surface area contributed by atoms with Crippen LogP contribution in [0.3, 0.4) is 0 Å². The predicted molar refractivity (Wildman–Crippen MR) is 61.6 cm³/mol. The standard InChI is InChI=1S/C14H16/c1-4-12-9-10(2)11(3)13-7-5-6-8-14(12)13/h4-9,11-12H,1H2,2-3H3. The van der Waals surface area contributed by atoms with Crippen molar-refractivity contribution in [2.45, 2.75) is 25.7 Å². The second-order valence-corrected chi connectivity index (χ2v) is 4.02. The fraction of sp³-hybridized carbons (Fsp3) is 0.286. The first-order chi connectivity index (χ1) is 6.74. The number of allylic oxidation sites excluding steroid dienone is 3. The number of hydrogen-bond acceptors (Lipinski definition) is 0. The van der Waals surface area contributed by atoms with E-state index in [2.05, 4.69) is 50.8 Å². The predicted octanol–water partition coefficient (Wildman–Crippen LogP) is 4.02. The van der Waals surface area contributed by atoms with E-state index in [4.69, 9.17) is 0 Å². The van der Waals surface area contributed by atoms with Gasteiger partial charge in [0.05, 0.1) is 0 Å². The number of rotatable bonds is 1. The second kappa shape index (κ2) is 3.45. The molecule has 2 unspecified atom stereocenters. The zero-order chi connectivity index (χ0) is 10.1. The summed E-state index contributed by atoms with van der Waals surface area (Å²) < 4.78 is 0. The van der Waals surface area contributed by atoms with Crippen molar-refractivity contribution in [3.8, 4) is 0 Å². The highest BCUT2D eigenvalue weighted by Gasteiger charge is 2.20. The van der Waals surface area contributed by atoms with Gasteiger partial charge in [-0.25, -0.2) is 0 Å². The minimum absolute atomic E-state index is 0.405. The highest BCUT2D eigenvalue weighted by Crippen LogP contribution is 2.37. The van der Waals surface area contributed by atoms with Crippen LogP contribution in [-0.4, -0.2) is 0 Å². The lowest BCUT2D eigenvalue weighted by Gasteiger charge is -2.26. The summed E-state index contributed by atoms with van der Waals surface area (Å²) >= 11 is 0. The van der Waals surface area contributed by atoms with Crippen LogP contribution in [-0.2, 0) is 0 Å². The molecule has 0 N–H and O–H groups in total. The molecule has 0 saturated heterocycles.